The Bertz CT molecular complexity index is 1580. The summed E-state index contributed by atoms with van der Waals surface area (Å²) in [7, 11) is -4.53. The fourth-order valence-electron chi connectivity index (χ4n) is 4.61. The van der Waals surface area contributed by atoms with Crippen molar-refractivity contribution in [3.05, 3.63) is 65.2 Å². The molecule has 1 saturated carbocycles. The van der Waals surface area contributed by atoms with Crippen molar-refractivity contribution in [3.63, 3.8) is 0 Å². The lowest BCUT2D eigenvalue weighted by atomic mass is 9.92. The number of amides is 1. The predicted molar refractivity (Wildman–Crippen MR) is 139 cm³/mol. The number of hydrogen-bond acceptors (Lipinski definition) is 7. The SMILES string of the molecule is Cc1c(C(=O)N[C@H]2CCCC[C@H]2O)nc(-c2cc(F)cc(C#N)c2)n1-c1ccc(OS(=O)(=O)CCC(F)(F)F)cc1. The van der Waals surface area contributed by atoms with Crippen molar-refractivity contribution in [2.45, 2.75) is 57.3 Å². The predicted octanol–water partition coefficient (Wildman–Crippen LogP) is 4.55. The highest BCUT2D eigenvalue weighted by Gasteiger charge is 2.31. The van der Waals surface area contributed by atoms with E-state index in [1.54, 1.807) is 6.92 Å². The van der Waals surface area contributed by atoms with E-state index in [1.807, 2.05) is 6.07 Å². The Balaban J connectivity index is 1.71. The van der Waals surface area contributed by atoms with Crippen LogP contribution >= 0.6 is 0 Å². The number of nitrogens with zero attached hydrogens (tertiary/aromatic N) is 3. The Labute approximate surface area is 233 Å². The van der Waals surface area contributed by atoms with Gasteiger partial charge in [-0.2, -0.15) is 26.9 Å². The summed E-state index contributed by atoms with van der Waals surface area (Å²) >= 11 is 0. The van der Waals surface area contributed by atoms with E-state index in [-0.39, 0.29) is 28.4 Å². The standard InChI is InChI=1S/C27H26F4N4O5S/c1-16-24(26(37)33-22-4-2-3-5-23(22)36)34-25(18-12-17(15-32)13-19(28)14-18)35(16)20-6-8-21(9-7-20)40-41(38,39)11-10-27(29,30)31/h6-9,12-14,22-23,36H,2-5,10-11H2,1H3,(H,33,37)/t22-,23+/m0/s1. The van der Waals surface area contributed by atoms with E-state index in [9.17, 15) is 41.1 Å². The Morgan fingerprint density at radius 1 is 1.20 bits per heavy atom. The summed E-state index contributed by atoms with van der Waals surface area (Å²) < 4.78 is 82.0. The van der Waals surface area contributed by atoms with E-state index < -0.39 is 52.3 Å². The van der Waals surface area contributed by atoms with Crippen LogP contribution in [0.4, 0.5) is 17.6 Å². The monoisotopic (exact) mass is 594 g/mol. The Hall–Kier alpha value is -3.96. The molecule has 9 nitrogen and oxygen atoms in total. The second kappa shape index (κ2) is 11.9. The molecule has 0 radical (unpaired) electrons. The largest absolute Gasteiger partial charge is 0.391 e. The molecule has 1 aromatic heterocycles. The van der Waals surface area contributed by atoms with Crippen molar-refractivity contribution < 1.29 is 40.1 Å². The minimum atomic E-state index is -4.67. The molecule has 4 rings (SSSR count). The Morgan fingerprint density at radius 3 is 2.51 bits per heavy atom. The molecule has 1 fully saturated rings. The van der Waals surface area contributed by atoms with Crippen LogP contribution in [0.2, 0.25) is 0 Å². The molecule has 1 amide bonds. The van der Waals surface area contributed by atoms with E-state index in [2.05, 4.69) is 10.3 Å². The van der Waals surface area contributed by atoms with Gasteiger partial charge in [0.05, 0.1) is 41.6 Å². The molecule has 1 heterocycles. The van der Waals surface area contributed by atoms with Gasteiger partial charge < -0.3 is 14.6 Å². The van der Waals surface area contributed by atoms with E-state index in [1.165, 1.54) is 34.9 Å². The lowest BCUT2D eigenvalue weighted by Crippen LogP contribution is -2.45. The second-order valence-electron chi connectivity index (χ2n) is 9.68. The number of hydrogen-bond donors (Lipinski definition) is 2. The van der Waals surface area contributed by atoms with E-state index in [0.717, 1.165) is 25.0 Å². The molecule has 0 unspecified atom stereocenters. The number of benzene rings is 2. The molecule has 1 aliphatic rings. The van der Waals surface area contributed by atoms with Gasteiger partial charge in [0.15, 0.2) is 0 Å². The van der Waals surface area contributed by atoms with Gasteiger partial charge in [-0.25, -0.2) is 9.37 Å². The van der Waals surface area contributed by atoms with E-state index >= 15 is 0 Å². The summed E-state index contributed by atoms with van der Waals surface area (Å²) in [5.74, 6) is -2.68. The van der Waals surface area contributed by atoms with Crippen LogP contribution in [-0.4, -0.2) is 53.1 Å². The first-order valence-corrected chi connectivity index (χ1v) is 14.2. The van der Waals surface area contributed by atoms with E-state index in [0.29, 0.717) is 24.2 Å². The molecule has 0 aliphatic heterocycles. The highest BCUT2D eigenvalue weighted by Crippen LogP contribution is 2.30. The van der Waals surface area contributed by atoms with Gasteiger partial charge in [-0.15, -0.1) is 0 Å². The summed E-state index contributed by atoms with van der Waals surface area (Å²) in [6.07, 6.45) is -4.14. The Morgan fingerprint density at radius 2 is 1.88 bits per heavy atom. The van der Waals surface area contributed by atoms with Crippen molar-refractivity contribution in [3.8, 4) is 28.9 Å². The molecular formula is C27H26F4N4O5S. The van der Waals surface area contributed by atoms with Gasteiger partial charge in [-0.1, -0.05) is 12.8 Å². The zero-order valence-corrected chi connectivity index (χ0v) is 22.6. The number of rotatable bonds is 8. The average molecular weight is 595 g/mol. The second-order valence-corrected chi connectivity index (χ2v) is 11.4. The van der Waals surface area contributed by atoms with Crippen molar-refractivity contribution >= 4 is 16.0 Å². The number of imidazole rings is 1. The van der Waals surface area contributed by atoms with Crippen LogP contribution in [0.15, 0.2) is 42.5 Å². The van der Waals surface area contributed by atoms with Gasteiger partial charge in [0, 0.05) is 11.3 Å². The van der Waals surface area contributed by atoms with Crippen LogP contribution in [0.1, 0.15) is 53.8 Å². The van der Waals surface area contributed by atoms with Gasteiger partial charge in [0.1, 0.15) is 23.1 Å². The van der Waals surface area contributed by atoms with Crippen molar-refractivity contribution in [2.75, 3.05) is 5.75 Å². The number of aliphatic hydroxyl groups excluding tert-OH is 1. The third-order valence-corrected chi connectivity index (χ3v) is 7.76. The fourth-order valence-corrected chi connectivity index (χ4v) is 5.57. The van der Waals surface area contributed by atoms with Crippen LogP contribution in [0.5, 0.6) is 5.75 Å². The fraction of sp³-hybridized carbons (Fsp3) is 0.370. The number of carbonyl (C=O) groups is 1. The number of nitrogens with one attached hydrogen (secondary N) is 1. The molecule has 218 valence electrons. The van der Waals surface area contributed by atoms with Crippen LogP contribution in [-0.2, 0) is 10.1 Å². The molecule has 1 aliphatic carbocycles. The van der Waals surface area contributed by atoms with Gasteiger partial charge in [0.2, 0.25) is 0 Å². The molecule has 41 heavy (non-hydrogen) atoms. The van der Waals surface area contributed by atoms with Crippen LogP contribution < -0.4 is 9.50 Å². The summed E-state index contributed by atoms with van der Waals surface area (Å²) in [5.41, 5.74) is 0.824. The molecule has 0 spiro atoms. The molecule has 0 saturated heterocycles. The van der Waals surface area contributed by atoms with Crippen LogP contribution in [0.25, 0.3) is 17.1 Å². The number of nitriles is 1. The third-order valence-electron chi connectivity index (χ3n) is 6.61. The number of halogens is 4. The lowest BCUT2D eigenvalue weighted by molar-refractivity contribution is -0.130. The first-order valence-electron chi connectivity index (χ1n) is 12.6. The summed E-state index contributed by atoms with van der Waals surface area (Å²) in [5, 5.41) is 22.4. The number of alkyl halides is 3. The van der Waals surface area contributed by atoms with Gasteiger partial charge in [-0.3, -0.25) is 9.36 Å². The van der Waals surface area contributed by atoms with Gasteiger partial charge in [0.25, 0.3) is 5.91 Å². The first-order chi connectivity index (χ1) is 19.3. The minimum absolute atomic E-state index is 0.0105. The highest BCUT2D eigenvalue weighted by molar-refractivity contribution is 7.87. The zero-order chi connectivity index (χ0) is 29.9. The van der Waals surface area contributed by atoms with Crippen LogP contribution in [0.3, 0.4) is 0 Å². The van der Waals surface area contributed by atoms with E-state index in [4.69, 9.17) is 4.18 Å². The number of aliphatic hydroxyl groups is 1. The lowest BCUT2D eigenvalue weighted by Gasteiger charge is -2.28. The smallest absolute Gasteiger partial charge is 0.390 e. The number of aromatic nitrogens is 2. The molecule has 2 aromatic carbocycles. The maximum absolute atomic E-state index is 14.4. The van der Waals surface area contributed by atoms with Crippen molar-refractivity contribution in [1.29, 1.82) is 5.26 Å². The molecule has 14 heteroatoms. The summed E-state index contributed by atoms with van der Waals surface area (Å²) in [6, 6.07) is 10.2. The maximum atomic E-state index is 14.4. The molecule has 2 N–H and O–H groups in total. The van der Waals surface area contributed by atoms with Crippen molar-refractivity contribution in [1.82, 2.24) is 14.9 Å². The van der Waals surface area contributed by atoms with Crippen molar-refractivity contribution in [2.24, 2.45) is 0 Å². The minimum Gasteiger partial charge on any atom is -0.391 e. The third kappa shape index (κ3) is 7.42. The molecule has 3 aromatic rings. The normalized spacial score (nSPS) is 17.6. The van der Waals surface area contributed by atoms with Crippen LogP contribution in [0, 0.1) is 24.1 Å². The molecular weight excluding hydrogens is 568 g/mol. The average Bonchev–Trinajstić information content (AvgIpc) is 3.25. The summed E-state index contributed by atoms with van der Waals surface area (Å²) in [6.45, 7) is 1.58. The van der Waals surface area contributed by atoms with Gasteiger partial charge in [-0.05, 0) is 62.2 Å². The molecule has 2 atom stereocenters. The highest BCUT2D eigenvalue weighted by atomic mass is 32.2. The number of carbonyl (C=O) groups excluding carboxylic acids is 1. The topological polar surface area (TPSA) is 134 Å². The first kappa shape index (κ1) is 30.0. The van der Waals surface area contributed by atoms with Gasteiger partial charge >= 0.3 is 16.3 Å². The maximum Gasteiger partial charge on any atom is 0.390 e. The summed E-state index contributed by atoms with van der Waals surface area (Å²) in [4.78, 5) is 17.7. The zero-order valence-electron chi connectivity index (χ0n) is 21.8. The molecule has 0 bridgehead atoms. The Kier molecular flexibility index (Phi) is 8.69. The quantitative estimate of drug-likeness (QED) is 0.289.